The summed E-state index contributed by atoms with van der Waals surface area (Å²) in [7, 11) is 0. The van der Waals surface area contributed by atoms with E-state index in [4.69, 9.17) is 16.3 Å². The summed E-state index contributed by atoms with van der Waals surface area (Å²) >= 11 is 9.37. The number of esters is 1. The second kappa shape index (κ2) is 10.3. The van der Waals surface area contributed by atoms with E-state index in [0.29, 0.717) is 40.7 Å². The number of carbonyl (C=O) groups is 1. The minimum absolute atomic E-state index is 0.0463. The summed E-state index contributed by atoms with van der Waals surface area (Å²) in [5, 5.41) is 11.0. The fourth-order valence-corrected chi connectivity index (χ4v) is 6.10. The van der Waals surface area contributed by atoms with E-state index in [1.54, 1.807) is 32.1 Å². The van der Waals surface area contributed by atoms with Gasteiger partial charge in [0.05, 0.1) is 32.0 Å². The molecule has 35 heavy (non-hydrogen) atoms. The maximum Gasteiger partial charge on any atom is 0.338 e. The lowest BCUT2D eigenvalue weighted by Gasteiger charge is -2.25. The van der Waals surface area contributed by atoms with Gasteiger partial charge in [-0.2, -0.15) is 0 Å². The van der Waals surface area contributed by atoms with Gasteiger partial charge in [0, 0.05) is 10.6 Å². The molecule has 1 aliphatic heterocycles. The highest BCUT2D eigenvalue weighted by Crippen LogP contribution is 2.32. The van der Waals surface area contributed by atoms with E-state index in [1.807, 2.05) is 46.9 Å². The first-order chi connectivity index (χ1) is 16.6. The lowest BCUT2D eigenvalue weighted by molar-refractivity contribution is -0.139. The highest BCUT2D eigenvalue weighted by molar-refractivity contribution is 14.1. The first kappa shape index (κ1) is 25.7. The summed E-state index contributed by atoms with van der Waals surface area (Å²) in [5.41, 5.74) is 2.92. The Morgan fingerprint density at radius 3 is 2.63 bits per heavy atom. The molecule has 1 aromatic heterocycles. The molecule has 0 fully saturated rings. The molecule has 1 N–H and O–H groups in total. The van der Waals surface area contributed by atoms with Gasteiger partial charge in [0.25, 0.3) is 5.56 Å². The highest BCUT2D eigenvalue weighted by atomic mass is 127. The number of aromatic nitrogens is 1. The molecule has 2 aromatic carbocycles. The summed E-state index contributed by atoms with van der Waals surface area (Å²) in [6.07, 6.45) is 1.61. The third kappa shape index (κ3) is 4.96. The van der Waals surface area contributed by atoms with E-state index >= 15 is 0 Å². The molecular formula is C26H24ClIN2O4S. The molecule has 6 nitrogen and oxygen atoms in total. The van der Waals surface area contributed by atoms with Crippen molar-refractivity contribution in [3.05, 3.63) is 92.6 Å². The van der Waals surface area contributed by atoms with Crippen LogP contribution in [0, 0.1) is 3.57 Å². The molecular weight excluding hydrogens is 599 g/mol. The van der Waals surface area contributed by atoms with E-state index < -0.39 is 12.0 Å². The van der Waals surface area contributed by atoms with Gasteiger partial charge in [-0.05, 0) is 71.7 Å². The molecule has 1 atom stereocenters. The van der Waals surface area contributed by atoms with Gasteiger partial charge in [0.2, 0.25) is 0 Å². The number of phenols is 1. The molecule has 0 spiro atoms. The molecule has 0 saturated carbocycles. The van der Waals surface area contributed by atoms with Crippen LogP contribution in [0.25, 0.3) is 6.08 Å². The molecule has 0 aliphatic carbocycles. The van der Waals surface area contributed by atoms with Crippen molar-refractivity contribution < 1.29 is 14.6 Å². The van der Waals surface area contributed by atoms with Crippen LogP contribution in [0.15, 0.2) is 57.5 Å². The predicted octanol–water partition coefficient (Wildman–Crippen LogP) is 4.89. The van der Waals surface area contributed by atoms with Gasteiger partial charge < -0.3 is 9.84 Å². The van der Waals surface area contributed by atoms with Crippen molar-refractivity contribution in [3.8, 4) is 5.75 Å². The number of thiazole rings is 1. The van der Waals surface area contributed by atoms with Crippen LogP contribution in [0.5, 0.6) is 5.75 Å². The van der Waals surface area contributed by atoms with Gasteiger partial charge in [0.15, 0.2) is 4.80 Å². The Morgan fingerprint density at radius 2 is 2.00 bits per heavy atom. The first-order valence-corrected chi connectivity index (χ1v) is 13.4. The largest absolute Gasteiger partial charge is 0.506 e. The lowest BCUT2D eigenvalue weighted by Crippen LogP contribution is -2.39. The number of fused-ring (bicyclic) bond motifs is 1. The van der Waals surface area contributed by atoms with E-state index in [-0.39, 0.29) is 17.9 Å². The van der Waals surface area contributed by atoms with Crippen LogP contribution in [0.4, 0.5) is 0 Å². The second-order valence-electron chi connectivity index (χ2n) is 8.45. The van der Waals surface area contributed by atoms with Crippen molar-refractivity contribution >= 4 is 57.6 Å². The van der Waals surface area contributed by atoms with E-state index in [9.17, 15) is 14.7 Å². The van der Waals surface area contributed by atoms with E-state index in [1.165, 1.54) is 15.9 Å². The molecule has 9 heteroatoms. The zero-order chi connectivity index (χ0) is 25.4. The zero-order valence-electron chi connectivity index (χ0n) is 19.6. The predicted molar refractivity (Wildman–Crippen MR) is 147 cm³/mol. The Morgan fingerprint density at radius 1 is 1.31 bits per heavy atom. The van der Waals surface area contributed by atoms with Gasteiger partial charge in [-0.1, -0.05) is 61.1 Å². The third-order valence-electron chi connectivity index (χ3n) is 5.78. The smallest absolute Gasteiger partial charge is 0.338 e. The van der Waals surface area contributed by atoms with E-state index in [2.05, 4.69) is 18.8 Å². The van der Waals surface area contributed by atoms with Crippen LogP contribution in [0.1, 0.15) is 56.3 Å². The Labute approximate surface area is 225 Å². The van der Waals surface area contributed by atoms with Crippen molar-refractivity contribution in [2.75, 3.05) is 6.61 Å². The fraction of sp³-hybridized carbons (Fsp3) is 0.269. The van der Waals surface area contributed by atoms with E-state index in [0.717, 1.165) is 11.1 Å². The molecule has 3 aromatic rings. The summed E-state index contributed by atoms with van der Waals surface area (Å²) in [6.45, 7) is 7.93. The number of hydrogen-bond donors (Lipinski definition) is 1. The summed E-state index contributed by atoms with van der Waals surface area (Å²) in [6, 6.07) is 10.5. The van der Waals surface area contributed by atoms with Crippen molar-refractivity contribution in [1.29, 1.82) is 0 Å². The molecule has 1 aliphatic rings. The summed E-state index contributed by atoms with van der Waals surface area (Å²) < 4.78 is 7.83. The average Bonchev–Trinajstić information content (AvgIpc) is 3.10. The SMILES string of the molecule is CCOC(=O)C1=C(C)N=c2s/c(=C\c3cc(Cl)cc(I)c3O)c(=O)n2[C@@H]1c1ccc(C(C)C)cc1. The average molecular weight is 623 g/mol. The number of rotatable bonds is 5. The lowest BCUT2D eigenvalue weighted by atomic mass is 9.93. The molecule has 182 valence electrons. The molecule has 2 heterocycles. The number of hydrogen-bond acceptors (Lipinski definition) is 6. The van der Waals surface area contributed by atoms with Crippen molar-refractivity contribution in [2.24, 2.45) is 4.99 Å². The number of carbonyl (C=O) groups excluding carboxylic acids is 1. The zero-order valence-corrected chi connectivity index (χ0v) is 23.4. The molecule has 4 rings (SSSR count). The topological polar surface area (TPSA) is 80.9 Å². The van der Waals surface area contributed by atoms with Gasteiger partial charge in [0.1, 0.15) is 5.75 Å². The summed E-state index contributed by atoms with van der Waals surface area (Å²) in [4.78, 5) is 31.7. The number of halogens is 2. The quantitative estimate of drug-likeness (QED) is 0.325. The van der Waals surface area contributed by atoms with Crippen LogP contribution in [0.3, 0.4) is 0 Å². The first-order valence-electron chi connectivity index (χ1n) is 11.1. The Kier molecular flexibility index (Phi) is 7.54. The standard InChI is InChI=1S/C26H24ClIN2O4S/c1-5-34-25(33)21-14(4)29-26-30(22(21)16-8-6-15(7-9-16)13(2)3)24(32)20(35-26)11-17-10-18(27)12-19(28)23(17)31/h6-13,22,31H,5H2,1-4H3/b20-11-/t22-/m1/s1. The Bertz CT molecular complexity index is 1520. The van der Waals surface area contributed by atoms with Gasteiger partial charge in [-0.25, -0.2) is 9.79 Å². The maximum atomic E-state index is 13.7. The van der Waals surface area contributed by atoms with Crippen molar-refractivity contribution in [1.82, 2.24) is 4.57 Å². The van der Waals surface area contributed by atoms with Crippen LogP contribution >= 0.6 is 45.5 Å². The number of allylic oxidation sites excluding steroid dienone is 1. The molecule has 0 saturated heterocycles. The minimum Gasteiger partial charge on any atom is -0.506 e. The van der Waals surface area contributed by atoms with Crippen molar-refractivity contribution in [2.45, 2.75) is 39.7 Å². The number of aromatic hydroxyl groups is 1. The molecule has 0 unspecified atom stereocenters. The number of ether oxygens (including phenoxy) is 1. The highest BCUT2D eigenvalue weighted by Gasteiger charge is 2.33. The fourth-order valence-electron chi connectivity index (χ4n) is 4.01. The molecule has 0 bridgehead atoms. The third-order valence-corrected chi connectivity index (χ3v) is 7.80. The van der Waals surface area contributed by atoms with Gasteiger partial charge in [-0.3, -0.25) is 9.36 Å². The Balaban J connectivity index is 1.96. The van der Waals surface area contributed by atoms with Gasteiger partial charge in [-0.15, -0.1) is 0 Å². The Hall–Kier alpha value is -2.43. The molecule has 0 radical (unpaired) electrons. The second-order valence-corrected chi connectivity index (χ2v) is 11.1. The maximum absolute atomic E-state index is 13.7. The normalized spacial score (nSPS) is 15.9. The minimum atomic E-state index is -0.679. The summed E-state index contributed by atoms with van der Waals surface area (Å²) in [5.74, 6) is -0.103. The van der Waals surface area contributed by atoms with Crippen molar-refractivity contribution in [3.63, 3.8) is 0 Å². The number of phenolic OH excluding ortho intramolecular Hbond substituents is 1. The number of benzene rings is 2. The van der Waals surface area contributed by atoms with Crippen LogP contribution in [-0.2, 0) is 9.53 Å². The number of nitrogens with zero attached hydrogens (tertiary/aromatic N) is 2. The van der Waals surface area contributed by atoms with Crippen LogP contribution < -0.4 is 14.9 Å². The monoisotopic (exact) mass is 622 g/mol. The van der Waals surface area contributed by atoms with Gasteiger partial charge >= 0.3 is 5.97 Å². The molecule has 0 amide bonds. The van der Waals surface area contributed by atoms with Crippen LogP contribution in [0.2, 0.25) is 5.02 Å². The van der Waals surface area contributed by atoms with Crippen LogP contribution in [-0.4, -0.2) is 22.2 Å².